The van der Waals surface area contributed by atoms with E-state index in [9.17, 15) is 0 Å². The molecular weight excluding hydrogens is 324 g/mol. The standard InChI is InChI=1S/C14H13BrN2OS/c1-18-11-5-3-10(4-6-11)17-13-8-9(15)2-7-12(13)14(16)19/h2-8,17H,1H3,(H2,16,19). The molecule has 0 heterocycles. The van der Waals surface area contributed by atoms with E-state index in [1.54, 1.807) is 7.11 Å². The van der Waals surface area contributed by atoms with Crippen LogP contribution < -0.4 is 15.8 Å². The quantitative estimate of drug-likeness (QED) is 0.833. The number of rotatable bonds is 4. The van der Waals surface area contributed by atoms with Gasteiger partial charge < -0.3 is 15.8 Å². The highest BCUT2D eigenvalue weighted by Gasteiger charge is 2.06. The molecule has 0 saturated carbocycles. The van der Waals surface area contributed by atoms with Gasteiger partial charge in [0, 0.05) is 21.4 Å². The van der Waals surface area contributed by atoms with Crippen LogP contribution in [0.2, 0.25) is 0 Å². The van der Waals surface area contributed by atoms with Gasteiger partial charge in [-0.15, -0.1) is 0 Å². The first kappa shape index (κ1) is 13.8. The third kappa shape index (κ3) is 3.45. The third-order valence-corrected chi connectivity index (χ3v) is 3.33. The van der Waals surface area contributed by atoms with Crippen LogP contribution in [-0.2, 0) is 0 Å². The van der Waals surface area contributed by atoms with Gasteiger partial charge in [0.25, 0.3) is 0 Å². The normalized spacial score (nSPS) is 10.0. The van der Waals surface area contributed by atoms with Gasteiger partial charge in [-0.1, -0.05) is 28.1 Å². The summed E-state index contributed by atoms with van der Waals surface area (Å²) in [7, 11) is 1.64. The van der Waals surface area contributed by atoms with Crippen LogP contribution >= 0.6 is 28.1 Å². The zero-order valence-electron chi connectivity index (χ0n) is 10.3. The highest BCUT2D eigenvalue weighted by atomic mass is 79.9. The molecule has 98 valence electrons. The van der Waals surface area contributed by atoms with E-state index in [1.807, 2.05) is 42.5 Å². The lowest BCUT2D eigenvalue weighted by Gasteiger charge is -2.12. The van der Waals surface area contributed by atoms with Gasteiger partial charge in [0.15, 0.2) is 0 Å². The summed E-state index contributed by atoms with van der Waals surface area (Å²) in [6.45, 7) is 0. The number of nitrogens with one attached hydrogen (secondary N) is 1. The molecule has 0 radical (unpaired) electrons. The van der Waals surface area contributed by atoms with Crippen LogP contribution in [0.3, 0.4) is 0 Å². The molecule has 2 aromatic rings. The fraction of sp³-hybridized carbons (Fsp3) is 0.0714. The van der Waals surface area contributed by atoms with Crippen LogP contribution in [-0.4, -0.2) is 12.1 Å². The molecule has 0 amide bonds. The van der Waals surface area contributed by atoms with Crippen molar-refractivity contribution in [2.75, 3.05) is 12.4 Å². The Kier molecular flexibility index (Phi) is 4.39. The largest absolute Gasteiger partial charge is 0.497 e. The van der Waals surface area contributed by atoms with Gasteiger partial charge in [0.2, 0.25) is 0 Å². The number of methoxy groups -OCH3 is 1. The average molecular weight is 337 g/mol. The molecule has 0 spiro atoms. The molecule has 0 saturated heterocycles. The minimum Gasteiger partial charge on any atom is -0.497 e. The Balaban J connectivity index is 2.31. The third-order valence-electron chi connectivity index (χ3n) is 2.62. The fourth-order valence-electron chi connectivity index (χ4n) is 1.66. The molecule has 3 N–H and O–H groups in total. The smallest absolute Gasteiger partial charge is 0.119 e. The zero-order valence-corrected chi connectivity index (χ0v) is 12.7. The van der Waals surface area contributed by atoms with E-state index in [-0.39, 0.29) is 0 Å². The number of ether oxygens (including phenoxy) is 1. The Morgan fingerprint density at radius 1 is 1.21 bits per heavy atom. The number of nitrogens with two attached hydrogens (primary N) is 1. The van der Waals surface area contributed by atoms with Crippen molar-refractivity contribution in [2.24, 2.45) is 5.73 Å². The molecule has 0 unspecified atom stereocenters. The first-order chi connectivity index (χ1) is 9.10. The summed E-state index contributed by atoms with van der Waals surface area (Å²) in [5.41, 5.74) is 8.34. The molecule has 19 heavy (non-hydrogen) atoms. The van der Waals surface area contributed by atoms with Gasteiger partial charge in [-0.3, -0.25) is 0 Å². The van der Waals surface area contributed by atoms with E-state index in [1.165, 1.54) is 0 Å². The average Bonchev–Trinajstić information content (AvgIpc) is 2.39. The van der Waals surface area contributed by atoms with Crippen molar-refractivity contribution in [1.29, 1.82) is 0 Å². The van der Waals surface area contributed by atoms with E-state index in [0.717, 1.165) is 27.2 Å². The van der Waals surface area contributed by atoms with Gasteiger partial charge >= 0.3 is 0 Å². The predicted octanol–water partition coefficient (Wildman–Crippen LogP) is 3.84. The van der Waals surface area contributed by atoms with E-state index >= 15 is 0 Å². The lowest BCUT2D eigenvalue weighted by Crippen LogP contribution is -2.11. The molecule has 0 aliphatic heterocycles. The van der Waals surface area contributed by atoms with Crippen molar-refractivity contribution in [3.63, 3.8) is 0 Å². The molecule has 0 bridgehead atoms. The number of hydrogen-bond donors (Lipinski definition) is 2. The summed E-state index contributed by atoms with van der Waals surface area (Å²) < 4.78 is 6.09. The summed E-state index contributed by atoms with van der Waals surface area (Å²) >= 11 is 8.49. The van der Waals surface area contributed by atoms with Crippen LogP contribution in [0.4, 0.5) is 11.4 Å². The van der Waals surface area contributed by atoms with Gasteiger partial charge in [0.1, 0.15) is 10.7 Å². The Labute approximate surface area is 125 Å². The molecule has 2 aromatic carbocycles. The van der Waals surface area contributed by atoms with E-state index < -0.39 is 0 Å². The second kappa shape index (κ2) is 6.04. The van der Waals surface area contributed by atoms with Crippen molar-refractivity contribution >= 4 is 44.5 Å². The number of hydrogen-bond acceptors (Lipinski definition) is 3. The predicted molar refractivity (Wildman–Crippen MR) is 86.3 cm³/mol. The SMILES string of the molecule is COc1ccc(Nc2cc(Br)ccc2C(N)=S)cc1. The highest BCUT2D eigenvalue weighted by molar-refractivity contribution is 9.10. The van der Waals surface area contributed by atoms with Crippen LogP contribution in [0, 0.1) is 0 Å². The molecule has 0 aliphatic carbocycles. The lowest BCUT2D eigenvalue weighted by atomic mass is 10.1. The van der Waals surface area contributed by atoms with Gasteiger partial charge in [-0.05, 0) is 42.5 Å². The molecule has 5 heteroatoms. The molecule has 0 aromatic heterocycles. The maximum atomic E-state index is 5.72. The highest BCUT2D eigenvalue weighted by Crippen LogP contribution is 2.26. The molecule has 0 fully saturated rings. The number of halogens is 1. The summed E-state index contributed by atoms with van der Waals surface area (Å²) in [5, 5.41) is 3.29. The summed E-state index contributed by atoms with van der Waals surface area (Å²) in [5.74, 6) is 0.814. The first-order valence-electron chi connectivity index (χ1n) is 5.60. The van der Waals surface area contributed by atoms with Crippen LogP contribution in [0.25, 0.3) is 0 Å². The van der Waals surface area contributed by atoms with E-state index in [4.69, 9.17) is 22.7 Å². The van der Waals surface area contributed by atoms with Crippen molar-refractivity contribution < 1.29 is 4.74 Å². The van der Waals surface area contributed by atoms with Gasteiger partial charge in [-0.25, -0.2) is 0 Å². The van der Waals surface area contributed by atoms with Crippen molar-refractivity contribution in [1.82, 2.24) is 0 Å². The van der Waals surface area contributed by atoms with E-state index in [2.05, 4.69) is 21.2 Å². The van der Waals surface area contributed by atoms with Crippen LogP contribution in [0.5, 0.6) is 5.75 Å². The number of thiocarbonyl (C=S) groups is 1. The Hall–Kier alpha value is -1.59. The van der Waals surface area contributed by atoms with Gasteiger partial charge in [-0.2, -0.15) is 0 Å². The number of benzene rings is 2. The van der Waals surface area contributed by atoms with Crippen LogP contribution in [0.1, 0.15) is 5.56 Å². The second-order valence-electron chi connectivity index (χ2n) is 3.91. The Morgan fingerprint density at radius 3 is 2.47 bits per heavy atom. The Bertz CT molecular complexity index is 599. The fourth-order valence-corrected chi connectivity index (χ4v) is 2.20. The summed E-state index contributed by atoms with van der Waals surface area (Å²) in [4.78, 5) is 0.364. The van der Waals surface area contributed by atoms with E-state index in [0.29, 0.717) is 4.99 Å². The van der Waals surface area contributed by atoms with Crippen molar-refractivity contribution in [3.8, 4) is 5.75 Å². The molecule has 0 aliphatic rings. The lowest BCUT2D eigenvalue weighted by molar-refractivity contribution is 0.415. The zero-order chi connectivity index (χ0) is 13.8. The Morgan fingerprint density at radius 2 is 1.89 bits per heavy atom. The van der Waals surface area contributed by atoms with Crippen LogP contribution in [0.15, 0.2) is 46.9 Å². The molecular formula is C14H13BrN2OS. The van der Waals surface area contributed by atoms with Gasteiger partial charge in [0.05, 0.1) is 7.11 Å². The monoisotopic (exact) mass is 336 g/mol. The molecule has 2 rings (SSSR count). The van der Waals surface area contributed by atoms with Crippen molar-refractivity contribution in [3.05, 3.63) is 52.5 Å². The summed E-state index contributed by atoms with van der Waals surface area (Å²) in [6.07, 6.45) is 0. The molecule has 3 nitrogen and oxygen atoms in total. The minimum atomic E-state index is 0.364. The first-order valence-corrected chi connectivity index (χ1v) is 6.80. The number of anilines is 2. The second-order valence-corrected chi connectivity index (χ2v) is 5.26. The summed E-state index contributed by atoms with van der Waals surface area (Å²) in [6, 6.07) is 13.4. The topological polar surface area (TPSA) is 47.3 Å². The molecule has 0 atom stereocenters. The maximum absolute atomic E-state index is 5.72. The minimum absolute atomic E-state index is 0.364. The van der Waals surface area contributed by atoms with Crippen molar-refractivity contribution in [2.45, 2.75) is 0 Å². The maximum Gasteiger partial charge on any atom is 0.119 e.